The SMILES string of the molecule is O=C(c1ccc(C(F)(F)F)cc1)N1CCc2cc3c(cc2C1)OCO3. The Labute approximate surface area is 141 Å². The fourth-order valence-corrected chi connectivity index (χ4v) is 3.10. The Morgan fingerprint density at radius 1 is 1.00 bits per heavy atom. The van der Waals surface area contributed by atoms with Crippen molar-refractivity contribution < 1.29 is 27.4 Å². The van der Waals surface area contributed by atoms with Crippen molar-refractivity contribution in [1.82, 2.24) is 4.90 Å². The molecule has 2 aliphatic rings. The number of benzene rings is 2. The van der Waals surface area contributed by atoms with Gasteiger partial charge in [-0.1, -0.05) is 0 Å². The van der Waals surface area contributed by atoms with Gasteiger partial charge in [-0.25, -0.2) is 0 Å². The van der Waals surface area contributed by atoms with E-state index in [-0.39, 0.29) is 18.3 Å². The van der Waals surface area contributed by atoms with Crippen molar-refractivity contribution in [1.29, 1.82) is 0 Å². The van der Waals surface area contributed by atoms with Gasteiger partial charge in [-0.2, -0.15) is 13.2 Å². The number of hydrogen-bond acceptors (Lipinski definition) is 3. The lowest BCUT2D eigenvalue weighted by molar-refractivity contribution is -0.137. The Balaban J connectivity index is 1.54. The number of carbonyl (C=O) groups is 1. The summed E-state index contributed by atoms with van der Waals surface area (Å²) in [6.45, 7) is 1.09. The van der Waals surface area contributed by atoms with Crippen molar-refractivity contribution in [2.45, 2.75) is 19.1 Å². The Bertz CT molecular complexity index is 831. The third-order valence-electron chi connectivity index (χ3n) is 4.45. The van der Waals surface area contributed by atoms with Gasteiger partial charge >= 0.3 is 6.18 Å². The summed E-state index contributed by atoms with van der Waals surface area (Å²) >= 11 is 0. The largest absolute Gasteiger partial charge is 0.454 e. The van der Waals surface area contributed by atoms with E-state index in [0.717, 1.165) is 23.3 Å². The van der Waals surface area contributed by atoms with Crippen LogP contribution in [-0.4, -0.2) is 24.1 Å². The van der Waals surface area contributed by atoms with Crippen LogP contribution in [0.25, 0.3) is 0 Å². The summed E-state index contributed by atoms with van der Waals surface area (Å²) in [4.78, 5) is 14.2. The fourth-order valence-electron chi connectivity index (χ4n) is 3.10. The first kappa shape index (κ1) is 15.8. The average Bonchev–Trinajstić information content (AvgIpc) is 3.05. The molecule has 2 aliphatic heterocycles. The zero-order chi connectivity index (χ0) is 17.6. The Hall–Kier alpha value is -2.70. The molecule has 0 saturated carbocycles. The maximum Gasteiger partial charge on any atom is 0.416 e. The molecule has 0 spiro atoms. The average molecular weight is 349 g/mol. The summed E-state index contributed by atoms with van der Waals surface area (Å²) in [7, 11) is 0. The molecule has 1 amide bonds. The number of hydrogen-bond donors (Lipinski definition) is 0. The van der Waals surface area contributed by atoms with E-state index in [9.17, 15) is 18.0 Å². The highest BCUT2D eigenvalue weighted by Gasteiger charge is 2.31. The number of alkyl halides is 3. The van der Waals surface area contributed by atoms with Crippen LogP contribution in [0.1, 0.15) is 27.0 Å². The van der Waals surface area contributed by atoms with Gasteiger partial charge in [-0.05, 0) is 53.9 Å². The van der Waals surface area contributed by atoms with Crippen molar-refractivity contribution in [3.8, 4) is 11.5 Å². The summed E-state index contributed by atoms with van der Waals surface area (Å²) < 4.78 is 48.6. The highest BCUT2D eigenvalue weighted by molar-refractivity contribution is 5.94. The summed E-state index contributed by atoms with van der Waals surface area (Å²) in [5.74, 6) is 1.08. The summed E-state index contributed by atoms with van der Waals surface area (Å²) in [6, 6.07) is 8.11. The van der Waals surface area contributed by atoms with Gasteiger partial charge in [-0.3, -0.25) is 4.79 Å². The van der Waals surface area contributed by atoms with Crippen molar-refractivity contribution in [2.24, 2.45) is 0 Å². The van der Waals surface area contributed by atoms with E-state index in [1.165, 1.54) is 12.1 Å². The quantitative estimate of drug-likeness (QED) is 0.789. The lowest BCUT2D eigenvalue weighted by atomic mass is 9.98. The number of carbonyl (C=O) groups excluding carboxylic acids is 1. The molecule has 2 heterocycles. The smallest absolute Gasteiger partial charge is 0.416 e. The van der Waals surface area contributed by atoms with E-state index < -0.39 is 11.7 Å². The lowest BCUT2D eigenvalue weighted by Gasteiger charge is -2.29. The molecule has 0 radical (unpaired) electrons. The number of amides is 1. The monoisotopic (exact) mass is 349 g/mol. The van der Waals surface area contributed by atoms with Crippen LogP contribution in [0.15, 0.2) is 36.4 Å². The van der Waals surface area contributed by atoms with E-state index in [2.05, 4.69) is 0 Å². The Morgan fingerprint density at radius 3 is 2.28 bits per heavy atom. The molecule has 0 aliphatic carbocycles. The molecule has 4 rings (SSSR count). The molecule has 25 heavy (non-hydrogen) atoms. The molecule has 0 saturated heterocycles. The minimum Gasteiger partial charge on any atom is -0.454 e. The number of rotatable bonds is 1. The zero-order valence-electron chi connectivity index (χ0n) is 13.1. The van der Waals surface area contributed by atoms with Crippen molar-refractivity contribution in [3.05, 3.63) is 58.7 Å². The second-order valence-electron chi connectivity index (χ2n) is 6.03. The summed E-state index contributed by atoms with van der Waals surface area (Å²) in [5, 5.41) is 0. The first-order chi connectivity index (χ1) is 11.9. The van der Waals surface area contributed by atoms with E-state index >= 15 is 0 Å². The number of nitrogens with zero attached hydrogens (tertiary/aromatic N) is 1. The molecule has 4 nitrogen and oxygen atoms in total. The number of halogens is 3. The standard InChI is InChI=1S/C18H14F3NO3/c19-18(20,21)14-3-1-11(2-4-14)17(23)22-6-5-12-7-15-16(25-10-24-15)8-13(12)9-22/h1-4,7-8H,5-6,9-10H2. The van der Waals surface area contributed by atoms with Crippen LogP contribution in [-0.2, 0) is 19.1 Å². The third-order valence-corrected chi connectivity index (χ3v) is 4.45. The predicted molar refractivity (Wildman–Crippen MR) is 82.5 cm³/mol. The molecular formula is C18H14F3NO3. The van der Waals surface area contributed by atoms with Crippen LogP contribution in [0.3, 0.4) is 0 Å². The van der Waals surface area contributed by atoms with Gasteiger partial charge in [0.05, 0.1) is 5.56 Å². The summed E-state index contributed by atoms with van der Waals surface area (Å²) in [5.41, 5.74) is 1.55. The molecule has 0 atom stereocenters. The van der Waals surface area contributed by atoms with Gasteiger partial charge in [0, 0.05) is 18.7 Å². The maximum absolute atomic E-state index is 12.6. The molecule has 2 aromatic carbocycles. The molecule has 7 heteroatoms. The molecule has 0 bridgehead atoms. The minimum atomic E-state index is -4.41. The van der Waals surface area contributed by atoms with E-state index in [1.807, 2.05) is 12.1 Å². The molecule has 0 aromatic heterocycles. The van der Waals surface area contributed by atoms with Crippen molar-refractivity contribution >= 4 is 5.91 Å². The Morgan fingerprint density at radius 2 is 1.64 bits per heavy atom. The van der Waals surface area contributed by atoms with E-state index in [0.29, 0.717) is 31.0 Å². The summed E-state index contributed by atoms with van der Waals surface area (Å²) in [6.07, 6.45) is -3.74. The van der Waals surface area contributed by atoms with Crippen LogP contribution in [0.4, 0.5) is 13.2 Å². The molecule has 0 unspecified atom stereocenters. The predicted octanol–water partition coefficient (Wildman–Crippen LogP) is 3.63. The van der Waals surface area contributed by atoms with Crippen LogP contribution in [0.5, 0.6) is 11.5 Å². The van der Waals surface area contributed by atoms with Gasteiger partial charge in [0.15, 0.2) is 11.5 Å². The van der Waals surface area contributed by atoms with Gasteiger partial charge in [0.25, 0.3) is 5.91 Å². The third kappa shape index (κ3) is 2.90. The second-order valence-corrected chi connectivity index (χ2v) is 6.03. The van der Waals surface area contributed by atoms with E-state index in [1.54, 1.807) is 4.90 Å². The van der Waals surface area contributed by atoms with Crippen molar-refractivity contribution in [2.75, 3.05) is 13.3 Å². The van der Waals surface area contributed by atoms with Crippen LogP contribution >= 0.6 is 0 Å². The number of fused-ring (bicyclic) bond motifs is 2. The molecular weight excluding hydrogens is 335 g/mol. The Kier molecular flexibility index (Phi) is 3.59. The molecule has 0 fully saturated rings. The molecule has 0 N–H and O–H groups in total. The van der Waals surface area contributed by atoms with Gasteiger partial charge in [-0.15, -0.1) is 0 Å². The van der Waals surface area contributed by atoms with Crippen LogP contribution in [0.2, 0.25) is 0 Å². The number of ether oxygens (including phenoxy) is 2. The molecule has 2 aromatic rings. The maximum atomic E-state index is 12.6. The first-order valence-electron chi connectivity index (χ1n) is 7.80. The normalized spacial score (nSPS) is 15.9. The topological polar surface area (TPSA) is 38.8 Å². The van der Waals surface area contributed by atoms with Crippen LogP contribution in [0, 0.1) is 0 Å². The van der Waals surface area contributed by atoms with Gasteiger partial charge in [0.2, 0.25) is 6.79 Å². The van der Waals surface area contributed by atoms with Gasteiger partial charge in [0.1, 0.15) is 0 Å². The van der Waals surface area contributed by atoms with Gasteiger partial charge < -0.3 is 14.4 Å². The fraction of sp³-hybridized carbons (Fsp3) is 0.278. The van der Waals surface area contributed by atoms with E-state index in [4.69, 9.17) is 9.47 Å². The zero-order valence-corrected chi connectivity index (χ0v) is 13.1. The lowest BCUT2D eigenvalue weighted by Crippen LogP contribution is -2.35. The molecule has 130 valence electrons. The van der Waals surface area contributed by atoms with Crippen molar-refractivity contribution in [3.63, 3.8) is 0 Å². The second kappa shape index (κ2) is 5.68. The van der Waals surface area contributed by atoms with Crippen LogP contribution < -0.4 is 9.47 Å². The highest BCUT2D eigenvalue weighted by Crippen LogP contribution is 2.37. The first-order valence-corrected chi connectivity index (χ1v) is 7.80. The minimum absolute atomic E-state index is 0.187. The highest BCUT2D eigenvalue weighted by atomic mass is 19.4.